The number of aliphatic imine (C=N–C) groups is 1. The van der Waals surface area contributed by atoms with Crippen LogP contribution in [0.1, 0.15) is 16.8 Å². The molecular formula is C20H16F3N9O. The number of aryl methyl sites for hydroxylation is 1. The van der Waals surface area contributed by atoms with Crippen molar-refractivity contribution < 1.29 is 18.0 Å². The molecule has 0 aliphatic rings. The fourth-order valence-electron chi connectivity index (χ4n) is 2.70. The van der Waals surface area contributed by atoms with Gasteiger partial charge in [-0.2, -0.15) is 28.6 Å². The third-order valence-corrected chi connectivity index (χ3v) is 4.45. The maximum absolute atomic E-state index is 13.8. The number of alkyl halides is 3. The number of carbonyl (C=O) groups excluding carboxylic acids is 1. The first kappa shape index (κ1) is 23.1. The summed E-state index contributed by atoms with van der Waals surface area (Å²) in [5.41, 5.74) is 3.84. The Hall–Kier alpha value is -4.60. The summed E-state index contributed by atoms with van der Waals surface area (Å²) in [5, 5.41) is 19.4. The van der Waals surface area contributed by atoms with Crippen molar-refractivity contribution in [3.63, 3.8) is 0 Å². The summed E-state index contributed by atoms with van der Waals surface area (Å²) in [7, 11) is 0. The average molecular weight is 455 g/mol. The van der Waals surface area contributed by atoms with Crippen molar-refractivity contribution in [2.24, 2.45) is 10.7 Å². The van der Waals surface area contributed by atoms with E-state index in [1.165, 1.54) is 30.7 Å². The lowest BCUT2D eigenvalue weighted by atomic mass is 10.1. The minimum Gasteiger partial charge on any atom is -0.404 e. The second-order valence-electron chi connectivity index (χ2n) is 6.56. The minimum absolute atomic E-state index is 0.00789. The first-order chi connectivity index (χ1) is 15.7. The molecule has 3 N–H and O–H groups in total. The molecule has 10 nitrogen and oxygen atoms in total. The van der Waals surface area contributed by atoms with Crippen LogP contribution in [0.2, 0.25) is 0 Å². The van der Waals surface area contributed by atoms with Gasteiger partial charge in [0.25, 0.3) is 5.91 Å². The maximum Gasteiger partial charge on any atom is 0.434 e. The van der Waals surface area contributed by atoms with Crippen LogP contribution in [0.25, 0.3) is 5.82 Å². The minimum atomic E-state index is -4.99. The number of nitrogens with one attached hydrogen (secondary N) is 1. The van der Waals surface area contributed by atoms with Gasteiger partial charge >= 0.3 is 6.18 Å². The SMILES string of the molecule is Cc1nccc(N=C(C(=CN)C(=O)Nc2cnc(-n3nccn3)c(C#N)c2)C(F)(F)F)c1C. The van der Waals surface area contributed by atoms with E-state index in [0.717, 1.165) is 11.0 Å². The molecule has 13 heteroatoms. The van der Waals surface area contributed by atoms with Crippen molar-refractivity contribution in [1.29, 1.82) is 5.26 Å². The summed E-state index contributed by atoms with van der Waals surface area (Å²) < 4.78 is 41.4. The Bertz CT molecular complexity index is 1290. The average Bonchev–Trinajstić information content (AvgIpc) is 3.30. The van der Waals surface area contributed by atoms with E-state index in [1.807, 2.05) is 6.07 Å². The number of hydrogen-bond donors (Lipinski definition) is 2. The fourth-order valence-corrected chi connectivity index (χ4v) is 2.70. The molecule has 1 amide bonds. The molecule has 0 spiro atoms. The fraction of sp³-hybridized carbons (Fsp3) is 0.150. The van der Waals surface area contributed by atoms with Crippen LogP contribution >= 0.6 is 0 Å². The largest absolute Gasteiger partial charge is 0.434 e. The first-order valence-electron chi connectivity index (χ1n) is 9.24. The van der Waals surface area contributed by atoms with E-state index in [2.05, 4.69) is 30.5 Å². The van der Waals surface area contributed by atoms with Gasteiger partial charge in [-0.05, 0) is 31.5 Å². The van der Waals surface area contributed by atoms with Gasteiger partial charge in [0, 0.05) is 18.1 Å². The lowest BCUT2D eigenvalue weighted by molar-refractivity contribution is -0.113. The Labute approximate surface area is 185 Å². The highest BCUT2D eigenvalue weighted by Gasteiger charge is 2.40. The third-order valence-electron chi connectivity index (χ3n) is 4.45. The van der Waals surface area contributed by atoms with Crippen LogP contribution in [-0.2, 0) is 4.79 Å². The highest BCUT2D eigenvalue weighted by atomic mass is 19.4. The number of amides is 1. The number of anilines is 1. The standard InChI is InChI=1S/C20H16F3N9O/c1-11-12(2)26-4-3-16(11)31-17(20(21,22)23)15(9-25)19(33)30-14-7-13(8-24)18(27-10-14)32-28-5-6-29-32/h3-7,9-10H,25H2,1-2H3,(H,30,33). The van der Waals surface area contributed by atoms with Crippen LogP contribution in [0, 0.1) is 25.2 Å². The Balaban J connectivity index is 1.96. The topological polar surface area (TPSA) is 148 Å². The number of halogens is 3. The van der Waals surface area contributed by atoms with Gasteiger partial charge in [0.05, 0.1) is 35.5 Å². The van der Waals surface area contributed by atoms with E-state index in [4.69, 9.17) is 5.73 Å². The molecule has 0 saturated heterocycles. The van der Waals surface area contributed by atoms with Gasteiger partial charge in [0.15, 0.2) is 11.5 Å². The zero-order valence-electron chi connectivity index (χ0n) is 17.3. The number of carbonyl (C=O) groups is 1. The zero-order chi connectivity index (χ0) is 24.2. The summed E-state index contributed by atoms with van der Waals surface area (Å²) in [4.78, 5) is 25.4. The lowest BCUT2D eigenvalue weighted by Crippen LogP contribution is -2.32. The maximum atomic E-state index is 13.8. The number of hydrogen-bond acceptors (Lipinski definition) is 8. The van der Waals surface area contributed by atoms with Gasteiger partial charge in [-0.3, -0.25) is 9.78 Å². The molecule has 0 aliphatic carbocycles. The van der Waals surface area contributed by atoms with Gasteiger partial charge in [-0.25, -0.2) is 9.98 Å². The van der Waals surface area contributed by atoms with Gasteiger partial charge < -0.3 is 11.1 Å². The Morgan fingerprint density at radius 1 is 1.24 bits per heavy atom. The number of pyridine rings is 2. The van der Waals surface area contributed by atoms with Crippen LogP contribution in [-0.4, -0.2) is 42.8 Å². The monoisotopic (exact) mass is 455 g/mol. The molecule has 0 unspecified atom stereocenters. The quantitative estimate of drug-likeness (QED) is 0.444. The van der Waals surface area contributed by atoms with Crippen molar-refractivity contribution in [2.45, 2.75) is 20.0 Å². The molecule has 0 aromatic carbocycles. The summed E-state index contributed by atoms with van der Waals surface area (Å²) in [6.45, 7) is 3.18. The van der Waals surface area contributed by atoms with Crippen LogP contribution in [0.3, 0.4) is 0 Å². The van der Waals surface area contributed by atoms with Gasteiger partial charge in [0.2, 0.25) is 0 Å². The summed E-state index contributed by atoms with van der Waals surface area (Å²) in [6.07, 6.45) is 0.740. The second-order valence-corrected chi connectivity index (χ2v) is 6.56. The van der Waals surface area contributed by atoms with Crippen molar-refractivity contribution in [3.8, 4) is 11.9 Å². The molecule has 168 valence electrons. The highest BCUT2D eigenvalue weighted by molar-refractivity contribution is 6.27. The summed E-state index contributed by atoms with van der Waals surface area (Å²) in [6, 6.07) is 4.39. The van der Waals surface area contributed by atoms with Crippen LogP contribution in [0.4, 0.5) is 24.5 Å². The molecule has 0 atom stereocenters. The number of nitrogens with two attached hydrogens (primary N) is 1. The van der Waals surface area contributed by atoms with E-state index in [1.54, 1.807) is 13.8 Å². The van der Waals surface area contributed by atoms with E-state index in [9.17, 15) is 23.2 Å². The molecule has 3 rings (SSSR count). The Morgan fingerprint density at radius 3 is 2.55 bits per heavy atom. The van der Waals surface area contributed by atoms with Gasteiger partial charge in [-0.1, -0.05) is 0 Å². The first-order valence-corrected chi connectivity index (χ1v) is 9.24. The molecule has 0 fully saturated rings. The van der Waals surface area contributed by atoms with E-state index < -0.39 is 23.4 Å². The predicted molar refractivity (Wildman–Crippen MR) is 112 cm³/mol. The number of rotatable bonds is 5. The van der Waals surface area contributed by atoms with Crippen LogP contribution < -0.4 is 11.1 Å². The summed E-state index contributed by atoms with van der Waals surface area (Å²) in [5.74, 6) is -1.11. The van der Waals surface area contributed by atoms with E-state index in [-0.39, 0.29) is 22.8 Å². The summed E-state index contributed by atoms with van der Waals surface area (Å²) >= 11 is 0. The number of aromatic nitrogens is 5. The van der Waals surface area contributed by atoms with E-state index in [0.29, 0.717) is 17.5 Å². The molecule has 3 aromatic rings. The molecule has 3 heterocycles. The van der Waals surface area contributed by atoms with Crippen LogP contribution in [0.15, 0.2) is 53.7 Å². The van der Waals surface area contributed by atoms with Gasteiger partial charge in [0.1, 0.15) is 11.6 Å². The normalized spacial score (nSPS) is 12.4. The molecule has 0 aliphatic heterocycles. The smallest absolute Gasteiger partial charge is 0.404 e. The molecule has 0 radical (unpaired) electrons. The van der Waals surface area contributed by atoms with Crippen molar-refractivity contribution in [3.05, 3.63) is 65.5 Å². The third kappa shape index (κ3) is 5.01. The van der Waals surface area contributed by atoms with Crippen molar-refractivity contribution in [1.82, 2.24) is 25.0 Å². The van der Waals surface area contributed by atoms with Crippen molar-refractivity contribution in [2.75, 3.05) is 5.32 Å². The van der Waals surface area contributed by atoms with E-state index >= 15 is 0 Å². The highest BCUT2D eigenvalue weighted by Crippen LogP contribution is 2.28. The molecular weight excluding hydrogens is 439 g/mol. The van der Waals surface area contributed by atoms with Crippen molar-refractivity contribution >= 4 is 23.0 Å². The molecule has 0 saturated carbocycles. The molecule has 0 bridgehead atoms. The second kappa shape index (κ2) is 9.27. The Morgan fingerprint density at radius 2 is 1.94 bits per heavy atom. The predicted octanol–water partition coefficient (Wildman–Crippen LogP) is 2.66. The Kier molecular flexibility index (Phi) is 6.48. The van der Waals surface area contributed by atoms with Crippen LogP contribution in [0.5, 0.6) is 0 Å². The zero-order valence-corrected chi connectivity index (χ0v) is 17.3. The molecule has 3 aromatic heterocycles. The van der Waals surface area contributed by atoms with Gasteiger partial charge in [-0.15, -0.1) is 4.80 Å². The molecule has 33 heavy (non-hydrogen) atoms. The lowest BCUT2D eigenvalue weighted by Gasteiger charge is -2.15. The number of nitrogens with zero attached hydrogens (tertiary/aromatic N) is 7. The number of nitriles is 1.